The number of anilines is 1. The Hall–Kier alpha value is -2.99. The summed E-state index contributed by atoms with van der Waals surface area (Å²) in [4.78, 5) is 27.8. The summed E-state index contributed by atoms with van der Waals surface area (Å²) in [5.74, 6) is -0.523. The largest absolute Gasteiger partial charge is 0.503 e. The van der Waals surface area contributed by atoms with Crippen molar-refractivity contribution >= 4 is 29.0 Å². The minimum atomic E-state index is -0.845. The van der Waals surface area contributed by atoms with Gasteiger partial charge in [-0.3, -0.25) is 14.5 Å². The number of hydrogen-bond donors (Lipinski definition) is 1. The highest BCUT2D eigenvalue weighted by Crippen LogP contribution is 2.45. The molecule has 31 heavy (non-hydrogen) atoms. The third-order valence-electron chi connectivity index (χ3n) is 5.02. The lowest BCUT2D eigenvalue weighted by Gasteiger charge is -2.29. The van der Waals surface area contributed by atoms with Crippen LogP contribution in [0.25, 0.3) is 0 Å². The number of aliphatic hydroxyl groups is 1. The summed E-state index contributed by atoms with van der Waals surface area (Å²) < 4.78 is 11.1. The molecule has 1 unspecified atom stereocenters. The van der Waals surface area contributed by atoms with Crippen LogP contribution in [0.1, 0.15) is 39.3 Å². The molecule has 1 aliphatic heterocycles. The third-order valence-corrected chi connectivity index (χ3v) is 5.26. The summed E-state index contributed by atoms with van der Waals surface area (Å²) in [7, 11) is 1.54. The van der Waals surface area contributed by atoms with Crippen LogP contribution in [-0.2, 0) is 9.59 Å². The van der Waals surface area contributed by atoms with Gasteiger partial charge < -0.3 is 14.6 Å². The second-order valence-electron chi connectivity index (χ2n) is 8.24. The maximum atomic E-state index is 13.3. The smallest absolute Gasteiger partial charge is 0.294 e. The molecule has 0 saturated heterocycles. The number of aliphatic hydroxyl groups excluding tert-OH is 1. The van der Waals surface area contributed by atoms with Crippen LogP contribution in [0.15, 0.2) is 53.8 Å². The number of halogens is 1. The van der Waals surface area contributed by atoms with E-state index < -0.39 is 23.1 Å². The minimum Gasteiger partial charge on any atom is -0.503 e. The highest BCUT2D eigenvalue weighted by atomic mass is 35.5. The number of rotatable bonds is 6. The lowest BCUT2D eigenvalue weighted by molar-refractivity contribution is -0.123. The predicted molar refractivity (Wildman–Crippen MR) is 120 cm³/mol. The van der Waals surface area contributed by atoms with E-state index in [1.54, 1.807) is 63.2 Å². The van der Waals surface area contributed by atoms with E-state index in [-0.39, 0.29) is 11.4 Å². The quantitative estimate of drug-likeness (QED) is 0.658. The van der Waals surface area contributed by atoms with Crippen LogP contribution >= 0.6 is 11.6 Å². The molecule has 7 heteroatoms. The zero-order chi connectivity index (χ0) is 22.9. The molecule has 1 aliphatic rings. The van der Waals surface area contributed by atoms with Crippen molar-refractivity contribution in [3.8, 4) is 11.5 Å². The van der Waals surface area contributed by atoms with Crippen LogP contribution in [0, 0.1) is 5.41 Å². The van der Waals surface area contributed by atoms with E-state index in [0.717, 1.165) is 0 Å². The molecule has 0 spiro atoms. The molecule has 1 N–H and O–H groups in total. The van der Waals surface area contributed by atoms with Crippen molar-refractivity contribution in [2.24, 2.45) is 5.41 Å². The number of amides is 1. The van der Waals surface area contributed by atoms with Gasteiger partial charge in [-0.05, 0) is 42.8 Å². The van der Waals surface area contributed by atoms with E-state index in [9.17, 15) is 14.7 Å². The van der Waals surface area contributed by atoms with Crippen LogP contribution in [0.2, 0.25) is 5.02 Å². The average molecular weight is 444 g/mol. The van der Waals surface area contributed by atoms with Gasteiger partial charge in [0.15, 0.2) is 23.0 Å². The van der Waals surface area contributed by atoms with E-state index in [4.69, 9.17) is 21.1 Å². The Kier molecular flexibility index (Phi) is 6.32. The van der Waals surface area contributed by atoms with Crippen molar-refractivity contribution in [3.63, 3.8) is 0 Å². The van der Waals surface area contributed by atoms with Gasteiger partial charge in [-0.1, -0.05) is 44.5 Å². The van der Waals surface area contributed by atoms with Crippen LogP contribution in [0.4, 0.5) is 5.69 Å². The van der Waals surface area contributed by atoms with Crippen LogP contribution in [-0.4, -0.2) is 30.5 Å². The van der Waals surface area contributed by atoms with E-state index in [1.165, 1.54) is 12.0 Å². The van der Waals surface area contributed by atoms with E-state index in [1.807, 2.05) is 6.92 Å². The topological polar surface area (TPSA) is 76.1 Å². The molecule has 0 saturated carbocycles. The number of methoxy groups -OCH3 is 1. The molecule has 0 fully saturated rings. The van der Waals surface area contributed by atoms with E-state index >= 15 is 0 Å². The van der Waals surface area contributed by atoms with Gasteiger partial charge in [0.25, 0.3) is 5.91 Å². The molecule has 1 heterocycles. The highest BCUT2D eigenvalue weighted by molar-refractivity contribution is 6.31. The summed E-state index contributed by atoms with van der Waals surface area (Å²) in [6, 6.07) is 11.1. The van der Waals surface area contributed by atoms with Gasteiger partial charge in [0, 0.05) is 16.1 Å². The molecule has 2 aromatic rings. The van der Waals surface area contributed by atoms with Crippen molar-refractivity contribution in [2.45, 2.75) is 33.7 Å². The fraction of sp³-hybridized carbons (Fsp3) is 0.333. The maximum Gasteiger partial charge on any atom is 0.294 e. The normalized spacial score (nSPS) is 16.6. The number of ether oxygens (including phenoxy) is 2. The Labute approximate surface area is 187 Å². The second kappa shape index (κ2) is 8.63. The zero-order valence-electron chi connectivity index (χ0n) is 18.2. The van der Waals surface area contributed by atoms with Gasteiger partial charge in [-0.2, -0.15) is 0 Å². The van der Waals surface area contributed by atoms with E-state index in [0.29, 0.717) is 34.4 Å². The van der Waals surface area contributed by atoms with Crippen LogP contribution in [0.5, 0.6) is 11.5 Å². The van der Waals surface area contributed by atoms with Crippen molar-refractivity contribution in [1.29, 1.82) is 0 Å². The van der Waals surface area contributed by atoms with Gasteiger partial charge in [0.05, 0.1) is 25.3 Å². The number of Topliss-reactive ketones (excluding diaryl/α,β-unsaturated/α-hetero) is 1. The molecule has 0 aliphatic carbocycles. The highest BCUT2D eigenvalue weighted by Gasteiger charge is 2.46. The number of nitrogens with zero attached hydrogens (tertiary/aromatic N) is 1. The van der Waals surface area contributed by atoms with Gasteiger partial charge in [-0.15, -0.1) is 0 Å². The van der Waals surface area contributed by atoms with Crippen LogP contribution in [0.3, 0.4) is 0 Å². The first kappa shape index (κ1) is 22.7. The molecule has 0 aromatic heterocycles. The Bertz CT molecular complexity index is 1050. The zero-order valence-corrected chi connectivity index (χ0v) is 19.0. The molecular weight excluding hydrogens is 418 g/mol. The summed E-state index contributed by atoms with van der Waals surface area (Å²) in [6.45, 7) is 7.51. The second-order valence-corrected chi connectivity index (χ2v) is 8.68. The monoisotopic (exact) mass is 443 g/mol. The van der Waals surface area contributed by atoms with Crippen molar-refractivity contribution in [2.75, 3.05) is 18.6 Å². The Balaban J connectivity index is 2.24. The lowest BCUT2D eigenvalue weighted by Crippen LogP contribution is -2.32. The minimum absolute atomic E-state index is 0.0464. The first-order chi connectivity index (χ1) is 14.6. The summed E-state index contributed by atoms with van der Waals surface area (Å²) in [6.07, 6.45) is 0. The third kappa shape index (κ3) is 4.26. The van der Waals surface area contributed by atoms with Gasteiger partial charge >= 0.3 is 0 Å². The van der Waals surface area contributed by atoms with Gasteiger partial charge in [0.1, 0.15) is 0 Å². The fourth-order valence-electron chi connectivity index (χ4n) is 3.58. The number of ketones is 1. The molecule has 164 valence electrons. The molecule has 1 atom stereocenters. The summed E-state index contributed by atoms with van der Waals surface area (Å²) in [5, 5.41) is 11.2. The van der Waals surface area contributed by atoms with E-state index in [2.05, 4.69) is 0 Å². The summed E-state index contributed by atoms with van der Waals surface area (Å²) >= 11 is 6.16. The first-order valence-electron chi connectivity index (χ1n) is 9.98. The Morgan fingerprint density at radius 2 is 1.87 bits per heavy atom. The number of benzene rings is 2. The Morgan fingerprint density at radius 1 is 1.16 bits per heavy atom. The van der Waals surface area contributed by atoms with Gasteiger partial charge in [0.2, 0.25) is 0 Å². The molecule has 0 radical (unpaired) electrons. The lowest BCUT2D eigenvalue weighted by atomic mass is 9.82. The molecule has 6 nitrogen and oxygen atoms in total. The fourth-order valence-corrected chi connectivity index (χ4v) is 3.77. The molecule has 1 amide bonds. The Morgan fingerprint density at radius 3 is 2.45 bits per heavy atom. The number of hydrogen-bond acceptors (Lipinski definition) is 5. The maximum absolute atomic E-state index is 13.3. The van der Waals surface area contributed by atoms with Gasteiger partial charge in [-0.25, -0.2) is 0 Å². The first-order valence-corrected chi connectivity index (χ1v) is 10.4. The van der Waals surface area contributed by atoms with Crippen molar-refractivity contribution in [1.82, 2.24) is 0 Å². The molecule has 2 aromatic carbocycles. The number of carbonyl (C=O) groups excluding carboxylic acids is 2. The predicted octanol–water partition coefficient (Wildman–Crippen LogP) is 5.26. The number of carbonyl (C=O) groups is 2. The standard InChI is InChI=1S/C24H26ClNO5/c1-6-31-18-12-14(10-11-17(18)30-5)20-19(22(28)24(2,3)4)21(27)23(29)26(20)16-9-7-8-15(25)13-16/h7-13,20,27H,6H2,1-5H3. The van der Waals surface area contributed by atoms with Crippen molar-refractivity contribution < 1.29 is 24.2 Å². The average Bonchev–Trinajstić information content (AvgIpc) is 2.97. The summed E-state index contributed by atoms with van der Waals surface area (Å²) in [5.41, 5.74) is 0.320. The van der Waals surface area contributed by atoms with Crippen molar-refractivity contribution in [3.05, 3.63) is 64.4 Å². The SMILES string of the molecule is CCOc1cc(C2C(C(=O)C(C)(C)C)=C(O)C(=O)N2c2cccc(Cl)c2)ccc1OC. The molecule has 3 rings (SSSR count). The molecular formula is C24H26ClNO5. The van der Waals surface area contributed by atoms with Crippen LogP contribution < -0.4 is 14.4 Å². The molecule has 0 bridgehead atoms.